The number of amides is 1. The molecule has 1 aromatic carbocycles. The molecule has 0 N–H and O–H groups in total. The molecular weight excluding hydrogens is 186 g/mol. The summed E-state index contributed by atoms with van der Waals surface area (Å²) >= 11 is 0. The monoisotopic (exact) mass is 207 g/mol. The van der Waals surface area contributed by atoms with Gasteiger partial charge >= 0.3 is 0 Å². The number of aryl methyl sites for hydroxylation is 1. The average Bonchev–Trinajstić information content (AvgIpc) is 2.30. The molecule has 0 aliphatic rings. The van der Waals surface area contributed by atoms with E-state index >= 15 is 0 Å². The predicted molar refractivity (Wildman–Crippen MR) is 65.2 cm³/mol. The maximum atomic E-state index is 11.7. The molecule has 84 valence electrons. The van der Waals surface area contributed by atoms with Crippen molar-refractivity contribution in [2.75, 3.05) is 13.6 Å². The van der Waals surface area contributed by atoms with Gasteiger partial charge in [-0.3, -0.25) is 4.79 Å². The van der Waals surface area contributed by atoms with Crippen molar-refractivity contribution in [3.63, 3.8) is 0 Å². The van der Waals surface area contributed by atoms with Crippen LogP contribution in [-0.4, -0.2) is 24.4 Å². The molecule has 0 aromatic heterocycles. The lowest BCUT2D eigenvalue weighted by atomic mass is 10.1. The molecule has 0 atom stereocenters. The lowest BCUT2D eigenvalue weighted by Gasteiger charge is -2.15. The first-order valence-corrected chi connectivity index (χ1v) is 5.48. The summed E-state index contributed by atoms with van der Waals surface area (Å²) in [6.07, 6.45) is 0. The van der Waals surface area contributed by atoms with Crippen LogP contribution in [0.4, 0.5) is 0 Å². The van der Waals surface area contributed by atoms with Gasteiger partial charge in [0.05, 0.1) is 0 Å². The van der Waals surface area contributed by atoms with Crippen LogP contribution >= 0.6 is 0 Å². The first-order chi connectivity index (χ1) is 7.16. The van der Waals surface area contributed by atoms with E-state index in [1.165, 1.54) is 0 Å². The molecule has 0 radical (unpaired) electrons. The quantitative estimate of drug-likeness (QED) is 0.729. The van der Waals surface area contributed by atoms with Gasteiger partial charge in [0.15, 0.2) is 0 Å². The van der Waals surface area contributed by atoms with E-state index in [9.17, 15) is 4.79 Å². The fraction of sp³-hybridized carbons (Fsp3) is 0.462. The van der Waals surface area contributed by atoms with E-state index in [-0.39, 0.29) is 5.91 Å². The summed E-state index contributed by atoms with van der Waals surface area (Å²) in [6, 6.07) is 7.66. The van der Waals surface area contributed by atoms with E-state index in [0.717, 1.165) is 17.7 Å². The van der Waals surface area contributed by atoms with Crippen LogP contribution in [0.25, 0.3) is 0 Å². The molecule has 0 unspecified atom stereocenters. The topological polar surface area (TPSA) is 20.3 Å². The standard InChI is InChI=1S/C11H15NO.C2H6/c1-4-12(3)11(13)10-8-6-5-7-9(10)2;1-2/h5-8H,4H2,1-3H3;1-2H3. The molecule has 2 nitrogen and oxygen atoms in total. The zero-order chi connectivity index (χ0) is 11.8. The van der Waals surface area contributed by atoms with E-state index in [2.05, 4.69) is 0 Å². The SMILES string of the molecule is CC.CCN(C)C(=O)c1ccccc1C. The van der Waals surface area contributed by atoms with Crippen LogP contribution in [0.15, 0.2) is 24.3 Å². The van der Waals surface area contributed by atoms with Crippen molar-refractivity contribution in [2.45, 2.75) is 27.7 Å². The van der Waals surface area contributed by atoms with E-state index < -0.39 is 0 Å². The molecule has 0 saturated heterocycles. The van der Waals surface area contributed by atoms with Gasteiger partial charge in [-0.05, 0) is 25.5 Å². The van der Waals surface area contributed by atoms with Gasteiger partial charge in [-0.2, -0.15) is 0 Å². The Balaban J connectivity index is 0.000000921. The summed E-state index contributed by atoms with van der Waals surface area (Å²) in [4.78, 5) is 13.4. The van der Waals surface area contributed by atoms with Gasteiger partial charge in [0, 0.05) is 19.2 Å². The van der Waals surface area contributed by atoms with Crippen LogP contribution in [-0.2, 0) is 0 Å². The Bertz CT molecular complexity index is 307. The largest absolute Gasteiger partial charge is 0.342 e. The van der Waals surface area contributed by atoms with Crippen LogP contribution in [0.2, 0.25) is 0 Å². The Morgan fingerprint density at radius 3 is 2.27 bits per heavy atom. The van der Waals surface area contributed by atoms with Crippen molar-refractivity contribution in [2.24, 2.45) is 0 Å². The first kappa shape index (κ1) is 13.7. The molecule has 0 heterocycles. The maximum Gasteiger partial charge on any atom is 0.253 e. The molecule has 2 heteroatoms. The van der Waals surface area contributed by atoms with E-state index in [1.807, 2.05) is 59.0 Å². The summed E-state index contributed by atoms with van der Waals surface area (Å²) in [6.45, 7) is 8.67. The van der Waals surface area contributed by atoms with Gasteiger partial charge in [-0.15, -0.1) is 0 Å². The van der Waals surface area contributed by atoms with Crippen LogP contribution in [0, 0.1) is 6.92 Å². The molecule has 1 aromatic rings. The van der Waals surface area contributed by atoms with Crippen LogP contribution < -0.4 is 0 Å². The Morgan fingerprint density at radius 2 is 1.80 bits per heavy atom. The zero-order valence-electron chi connectivity index (χ0n) is 10.4. The zero-order valence-corrected chi connectivity index (χ0v) is 10.4. The van der Waals surface area contributed by atoms with Crippen molar-refractivity contribution in [3.05, 3.63) is 35.4 Å². The minimum absolute atomic E-state index is 0.0978. The summed E-state index contributed by atoms with van der Waals surface area (Å²) in [7, 11) is 1.81. The maximum absolute atomic E-state index is 11.7. The number of rotatable bonds is 2. The van der Waals surface area contributed by atoms with Crippen molar-refractivity contribution in [1.29, 1.82) is 0 Å². The summed E-state index contributed by atoms with van der Waals surface area (Å²) in [5, 5.41) is 0. The lowest BCUT2D eigenvalue weighted by molar-refractivity contribution is 0.0802. The summed E-state index contributed by atoms with van der Waals surface area (Å²) in [5.41, 5.74) is 1.83. The smallest absolute Gasteiger partial charge is 0.253 e. The molecule has 0 fully saturated rings. The summed E-state index contributed by atoms with van der Waals surface area (Å²) < 4.78 is 0. The second kappa shape index (κ2) is 7.04. The first-order valence-electron chi connectivity index (χ1n) is 5.48. The Labute approximate surface area is 92.9 Å². The van der Waals surface area contributed by atoms with E-state index in [1.54, 1.807) is 4.90 Å². The van der Waals surface area contributed by atoms with Crippen LogP contribution in [0.5, 0.6) is 0 Å². The van der Waals surface area contributed by atoms with Crippen molar-refractivity contribution >= 4 is 5.91 Å². The molecule has 0 aliphatic heterocycles. The molecule has 1 rings (SSSR count). The molecule has 0 aliphatic carbocycles. The Morgan fingerprint density at radius 1 is 1.27 bits per heavy atom. The fourth-order valence-electron chi connectivity index (χ4n) is 1.16. The third-order valence-electron chi connectivity index (χ3n) is 2.20. The molecule has 1 amide bonds. The van der Waals surface area contributed by atoms with Gasteiger partial charge in [0.1, 0.15) is 0 Å². The van der Waals surface area contributed by atoms with Crippen LogP contribution in [0.1, 0.15) is 36.7 Å². The fourth-order valence-corrected chi connectivity index (χ4v) is 1.16. The minimum Gasteiger partial charge on any atom is -0.342 e. The van der Waals surface area contributed by atoms with Gasteiger partial charge in [0.25, 0.3) is 5.91 Å². The van der Waals surface area contributed by atoms with Gasteiger partial charge in [-0.1, -0.05) is 32.0 Å². The normalized spacial score (nSPS) is 8.87. The predicted octanol–water partition coefficient (Wildman–Crippen LogP) is 3.11. The number of hydrogen-bond acceptors (Lipinski definition) is 1. The van der Waals surface area contributed by atoms with Gasteiger partial charge in [0.2, 0.25) is 0 Å². The third kappa shape index (κ3) is 3.74. The lowest BCUT2D eigenvalue weighted by Crippen LogP contribution is -2.26. The van der Waals surface area contributed by atoms with E-state index in [0.29, 0.717) is 0 Å². The number of hydrogen-bond donors (Lipinski definition) is 0. The van der Waals surface area contributed by atoms with Gasteiger partial charge < -0.3 is 4.90 Å². The Hall–Kier alpha value is -1.31. The van der Waals surface area contributed by atoms with Crippen molar-refractivity contribution < 1.29 is 4.79 Å². The summed E-state index contributed by atoms with van der Waals surface area (Å²) in [5.74, 6) is 0.0978. The molecule has 0 spiro atoms. The minimum atomic E-state index is 0.0978. The number of nitrogens with zero attached hydrogens (tertiary/aromatic N) is 1. The second-order valence-electron chi connectivity index (χ2n) is 3.13. The highest BCUT2D eigenvalue weighted by molar-refractivity contribution is 5.95. The molecule has 15 heavy (non-hydrogen) atoms. The number of carbonyl (C=O) groups excluding carboxylic acids is 1. The second-order valence-corrected chi connectivity index (χ2v) is 3.13. The molecule has 0 saturated carbocycles. The molecular formula is C13H21NO. The van der Waals surface area contributed by atoms with Crippen molar-refractivity contribution in [1.82, 2.24) is 4.90 Å². The highest BCUT2D eigenvalue weighted by Crippen LogP contribution is 2.09. The van der Waals surface area contributed by atoms with Gasteiger partial charge in [-0.25, -0.2) is 0 Å². The van der Waals surface area contributed by atoms with E-state index in [4.69, 9.17) is 0 Å². The Kier molecular flexibility index (Phi) is 6.43. The van der Waals surface area contributed by atoms with Crippen LogP contribution in [0.3, 0.4) is 0 Å². The molecule has 0 bridgehead atoms. The number of benzene rings is 1. The van der Waals surface area contributed by atoms with Crippen molar-refractivity contribution in [3.8, 4) is 0 Å². The highest BCUT2D eigenvalue weighted by Gasteiger charge is 2.10. The third-order valence-corrected chi connectivity index (χ3v) is 2.20. The average molecular weight is 207 g/mol. The highest BCUT2D eigenvalue weighted by atomic mass is 16.2. The number of carbonyl (C=O) groups is 1.